The summed E-state index contributed by atoms with van der Waals surface area (Å²) in [5.41, 5.74) is -2.03. The van der Waals surface area contributed by atoms with E-state index in [9.17, 15) is 34.9 Å². The average Bonchev–Trinajstić information content (AvgIpc) is 3.72. The monoisotopic (exact) mass is 609 g/mol. The number of aromatic carboxylic acids is 1. The number of fused-ring (bicyclic) bond motifs is 1. The van der Waals surface area contributed by atoms with Gasteiger partial charge in [0.1, 0.15) is 11.3 Å². The molecular formula is C27H24FN7O9. The van der Waals surface area contributed by atoms with Crippen LogP contribution in [-0.4, -0.2) is 68.5 Å². The summed E-state index contributed by atoms with van der Waals surface area (Å²) in [7, 11) is 1.37. The number of piperazine rings is 1. The summed E-state index contributed by atoms with van der Waals surface area (Å²) in [5.74, 6) is -2.08. The number of hydrogen-bond acceptors (Lipinski definition) is 12. The van der Waals surface area contributed by atoms with Crippen molar-refractivity contribution in [3.05, 3.63) is 72.3 Å². The average molecular weight is 610 g/mol. The SMILES string of the molecule is COc1c(N2CCN(c3nnc(-c4ccc([N+](=O)[O-])c([N+](=O)[O-])c4)o3)C(C)C2)c(F)cc2c(=O)c(C(=O)O)cn(C3CC3)c12. The molecule has 3 heterocycles. The number of carboxylic acid groups (broad SMARTS) is 1. The molecule has 1 saturated carbocycles. The van der Waals surface area contributed by atoms with E-state index in [1.807, 2.05) is 6.92 Å². The molecule has 228 valence electrons. The molecule has 1 N–H and O–H groups in total. The summed E-state index contributed by atoms with van der Waals surface area (Å²) in [5, 5.41) is 40.0. The number of ether oxygens (including phenoxy) is 1. The number of pyridine rings is 1. The van der Waals surface area contributed by atoms with Crippen molar-refractivity contribution in [2.75, 3.05) is 36.5 Å². The van der Waals surface area contributed by atoms with Crippen LogP contribution in [0, 0.1) is 26.0 Å². The number of nitrogens with zero attached hydrogens (tertiary/aromatic N) is 7. The molecular weight excluding hydrogens is 585 g/mol. The van der Waals surface area contributed by atoms with E-state index >= 15 is 4.39 Å². The minimum atomic E-state index is -1.39. The predicted molar refractivity (Wildman–Crippen MR) is 152 cm³/mol. The lowest BCUT2D eigenvalue weighted by atomic mass is 10.1. The van der Waals surface area contributed by atoms with Crippen LogP contribution in [0.2, 0.25) is 0 Å². The Kier molecular flexibility index (Phi) is 6.86. The fourth-order valence-corrected chi connectivity index (χ4v) is 5.57. The first-order chi connectivity index (χ1) is 21.0. The van der Waals surface area contributed by atoms with E-state index in [4.69, 9.17) is 9.15 Å². The standard InChI is InChI=1S/C27H24FN7O9/c1-13-11-31(7-8-32(13)27-30-29-25(44-27)14-3-6-19(34(39)40)20(9-14)35(41)42)22-18(28)10-16-21(24(22)43-2)33(15-4-5-15)12-17(23(16)36)26(37)38/h3,6,9-10,12-13,15H,4-5,7-8,11H2,1-2H3,(H,37,38). The Labute approximate surface area is 246 Å². The molecule has 2 fully saturated rings. The lowest BCUT2D eigenvalue weighted by Crippen LogP contribution is -2.52. The van der Waals surface area contributed by atoms with E-state index in [0.29, 0.717) is 5.52 Å². The van der Waals surface area contributed by atoms with Crippen LogP contribution in [0.1, 0.15) is 36.2 Å². The number of benzene rings is 2. The van der Waals surface area contributed by atoms with Crippen molar-refractivity contribution < 1.29 is 33.3 Å². The van der Waals surface area contributed by atoms with Gasteiger partial charge in [0.2, 0.25) is 11.3 Å². The third-order valence-electron chi connectivity index (χ3n) is 7.79. The van der Waals surface area contributed by atoms with E-state index in [1.165, 1.54) is 19.4 Å². The zero-order valence-corrected chi connectivity index (χ0v) is 23.3. The van der Waals surface area contributed by atoms with Crippen molar-refractivity contribution in [1.29, 1.82) is 0 Å². The minimum Gasteiger partial charge on any atom is -0.492 e. The van der Waals surface area contributed by atoms with Crippen LogP contribution in [0.3, 0.4) is 0 Å². The Balaban J connectivity index is 1.31. The second-order valence-corrected chi connectivity index (χ2v) is 10.5. The van der Waals surface area contributed by atoms with Gasteiger partial charge in [-0.05, 0) is 31.9 Å². The van der Waals surface area contributed by atoms with E-state index < -0.39 is 44.0 Å². The highest BCUT2D eigenvalue weighted by Crippen LogP contribution is 2.44. The van der Waals surface area contributed by atoms with Crippen LogP contribution >= 0.6 is 0 Å². The number of nitro groups is 2. The number of methoxy groups -OCH3 is 1. The second-order valence-electron chi connectivity index (χ2n) is 10.5. The number of rotatable bonds is 8. The van der Waals surface area contributed by atoms with Gasteiger partial charge in [0.05, 0.1) is 27.9 Å². The maximum atomic E-state index is 15.8. The molecule has 0 spiro atoms. The highest BCUT2D eigenvalue weighted by molar-refractivity contribution is 5.97. The summed E-state index contributed by atoms with van der Waals surface area (Å²) in [4.78, 5) is 49.1. The van der Waals surface area contributed by atoms with Crippen molar-refractivity contribution in [3.63, 3.8) is 0 Å². The van der Waals surface area contributed by atoms with Crippen LogP contribution < -0.4 is 20.0 Å². The number of carboxylic acids is 1. The molecule has 16 nitrogen and oxygen atoms in total. The third kappa shape index (κ3) is 4.71. The molecule has 1 aliphatic heterocycles. The first-order valence-corrected chi connectivity index (χ1v) is 13.5. The van der Waals surface area contributed by atoms with Gasteiger partial charge in [-0.2, -0.15) is 0 Å². The molecule has 1 atom stereocenters. The van der Waals surface area contributed by atoms with E-state index in [2.05, 4.69) is 10.2 Å². The van der Waals surface area contributed by atoms with Crippen molar-refractivity contribution in [2.24, 2.45) is 0 Å². The summed E-state index contributed by atoms with van der Waals surface area (Å²) in [6, 6.07) is 4.07. The third-order valence-corrected chi connectivity index (χ3v) is 7.79. The zero-order chi connectivity index (χ0) is 31.4. The molecule has 1 saturated heterocycles. The van der Waals surface area contributed by atoms with Gasteiger partial charge >= 0.3 is 23.4 Å². The number of aromatic nitrogens is 3. The number of halogens is 1. The molecule has 17 heteroatoms. The minimum absolute atomic E-state index is 0.0388. The van der Waals surface area contributed by atoms with Gasteiger partial charge in [-0.25, -0.2) is 9.18 Å². The number of anilines is 2. The molecule has 6 rings (SSSR count). The van der Waals surface area contributed by atoms with Crippen molar-refractivity contribution >= 4 is 39.9 Å². The summed E-state index contributed by atoms with van der Waals surface area (Å²) in [6.07, 6.45) is 2.85. The molecule has 0 radical (unpaired) electrons. The molecule has 0 bridgehead atoms. The topological polar surface area (TPSA) is 200 Å². The largest absolute Gasteiger partial charge is 0.492 e. The Morgan fingerprint density at radius 1 is 1.14 bits per heavy atom. The van der Waals surface area contributed by atoms with Crippen LogP contribution in [0.5, 0.6) is 5.75 Å². The maximum Gasteiger partial charge on any atom is 0.346 e. The lowest BCUT2D eigenvalue weighted by molar-refractivity contribution is -0.422. The quantitative estimate of drug-likeness (QED) is 0.224. The van der Waals surface area contributed by atoms with Crippen LogP contribution in [-0.2, 0) is 0 Å². The van der Waals surface area contributed by atoms with Crippen molar-refractivity contribution in [2.45, 2.75) is 31.8 Å². The van der Waals surface area contributed by atoms with E-state index in [-0.39, 0.29) is 66.0 Å². The molecule has 44 heavy (non-hydrogen) atoms. The van der Waals surface area contributed by atoms with E-state index in [0.717, 1.165) is 31.0 Å². The maximum absolute atomic E-state index is 15.8. The fourth-order valence-electron chi connectivity index (χ4n) is 5.57. The fraction of sp³-hybridized carbons (Fsp3) is 0.333. The van der Waals surface area contributed by atoms with Gasteiger partial charge < -0.3 is 28.6 Å². The number of hydrogen-bond donors (Lipinski definition) is 1. The van der Waals surface area contributed by atoms with Crippen LogP contribution in [0.25, 0.3) is 22.4 Å². The second kappa shape index (κ2) is 10.6. The summed E-state index contributed by atoms with van der Waals surface area (Å²) in [6.45, 7) is 2.67. The smallest absolute Gasteiger partial charge is 0.346 e. The van der Waals surface area contributed by atoms with Gasteiger partial charge in [0.25, 0.3) is 0 Å². The normalized spacial score (nSPS) is 16.8. The van der Waals surface area contributed by atoms with Crippen molar-refractivity contribution in [3.8, 4) is 17.2 Å². The van der Waals surface area contributed by atoms with Gasteiger partial charge in [-0.1, -0.05) is 5.10 Å². The molecule has 1 unspecified atom stereocenters. The van der Waals surface area contributed by atoms with Gasteiger partial charge in [-0.3, -0.25) is 25.0 Å². The lowest BCUT2D eigenvalue weighted by Gasteiger charge is -2.40. The Morgan fingerprint density at radius 2 is 1.86 bits per heavy atom. The first kappa shape index (κ1) is 28.5. The van der Waals surface area contributed by atoms with Gasteiger partial charge in [-0.15, -0.1) is 5.10 Å². The van der Waals surface area contributed by atoms with E-state index in [1.54, 1.807) is 14.4 Å². The zero-order valence-electron chi connectivity index (χ0n) is 23.3. The molecule has 2 aliphatic rings. The summed E-state index contributed by atoms with van der Waals surface area (Å²) >= 11 is 0. The number of nitro benzene ring substituents is 2. The van der Waals surface area contributed by atoms with Crippen molar-refractivity contribution in [1.82, 2.24) is 14.8 Å². The van der Waals surface area contributed by atoms with Crippen LogP contribution in [0.4, 0.5) is 27.5 Å². The highest BCUT2D eigenvalue weighted by Gasteiger charge is 2.35. The van der Waals surface area contributed by atoms with Gasteiger partial charge in [0.15, 0.2) is 11.6 Å². The highest BCUT2D eigenvalue weighted by atomic mass is 19.1. The predicted octanol–water partition coefficient (Wildman–Crippen LogP) is 3.76. The molecule has 1 aliphatic carbocycles. The Morgan fingerprint density at radius 3 is 2.48 bits per heavy atom. The Hall–Kier alpha value is -5.61. The molecule has 4 aromatic rings. The number of carbonyl (C=O) groups is 1. The molecule has 0 amide bonds. The molecule has 2 aromatic carbocycles. The first-order valence-electron chi connectivity index (χ1n) is 13.5. The van der Waals surface area contributed by atoms with Gasteiger partial charge in [0, 0.05) is 55.6 Å². The van der Waals surface area contributed by atoms with Crippen LogP contribution in [0.15, 0.2) is 39.7 Å². The molecule has 2 aromatic heterocycles. The Bertz CT molecular complexity index is 1920. The summed E-state index contributed by atoms with van der Waals surface area (Å²) < 4.78 is 28.9.